The molecule has 1 saturated carbocycles. The van der Waals surface area contributed by atoms with Gasteiger partial charge in [0.15, 0.2) is 5.96 Å². The van der Waals surface area contributed by atoms with Crippen molar-refractivity contribution < 1.29 is 0 Å². The third kappa shape index (κ3) is 5.23. The number of nitrogens with zero attached hydrogens (tertiary/aromatic N) is 2. The van der Waals surface area contributed by atoms with Crippen molar-refractivity contribution in [2.24, 2.45) is 10.9 Å². The van der Waals surface area contributed by atoms with Crippen molar-refractivity contribution >= 4 is 5.96 Å². The second kappa shape index (κ2) is 8.52. The van der Waals surface area contributed by atoms with Crippen LogP contribution in [0.15, 0.2) is 29.3 Å². The SMILES string of the molecule is CN=C(NCCC1CC1)NC1CCN(Cc2ccccc2C)CC1. The number of benzene rings is 1. The van der Waals surface area contributed by atoms with Crippen molar-refractivity contribution in [2.45, 2.75) is 51.6 Å². The molecule has 1 aromatic rings. The average molecular weight is 329 g/mol. The van der Waals surface area contributed by atoms with Crippen LogP contribution in [0.4, 0.5) is 0 Å². The molecule has 2 N–H and O–H groups in total. The van der Waals surface area contributed by atoms with Gasteiger partial charge in [-0.2, -0.15) is 0 Å². The first-order valence-electron chi connectivity index (χ1n) is 9.48. The Morgan fingerprint density at radius 1 is 1.17 bits per heavy atom. The number of nitrogens with one attached hydrogen (secondary N) is 2. The molecule has 0 bridgehead atoms. The molecule has 3 rings (SSSR count). The quantitative estimate of drug-likeness (QED) is 0.623. The maximum absolute atomic E-state index is 4.38. The number of rotatable bonds is 6. The standard InChI is InChI=1S/C20H32N4/c1-16-5-3-4-6-18(16)15-24-13-10-19(11-14-24)23-20(21-2)22-12-9-17-7-8-17/h3-6,17,19H,7-15H2,1-2H3,(H2,21,22,23). The monoisotopic (exact) mass is 328 g/mol. The molecule has 0 amide bonds. The summed E-state index contributed by atoms with van der Waals surface area (Å²) in [5, 5.41) is 7.08. The topological polar surface area (TPSA) is 39.7 Å². The minimum Gasteiger partial charge on any atom is -0.356 e. The largest absolute Gasteiger partial charge is 0.356 e. The van der Waals surface area contributed by atoms with Crippen molar-refractivity contribution in [3.05, 3.63) is 35.4 Å². The van der Waals surface area contributed by atoms with Gasteiger partial charge in [-0.15, -0.1) is 0 Å². The third-order valence-corrected chi connectivity index (χ3v) is 5.35. The summed E-state index contributed by atoms with van der Waals surface area (Å²) >= 11 is 0. The first-order valence-corrected chi connectivity index (χ1v) is 9.48. The average Bonchev–Trinajstić information content (AvgIpc) is 3.42. The maximum atomic E-state index is 4.38. The molecule has 1 aromatic carbocycles. The summed E-state index contributed by atoms with van der Waals surface area (Å²) in [6, 6.07) is 9.28. The predicted molar refractivity (Wildman–Crippen MR) is 101 cm³/mol. The van der Waals surface area contributed by atoms with E-state index >= 15 is 0 Å². The zero-order valence-electron chi connectivity index (χ0n) is 15.2. The van der Waals surface area contributed by atoms with Crippen LogP contribution in [-0.4, -0.2) is 43.6 Å². The summed E-state index contributed by atoms with van der Waals surface area (Å²) < 4.78 is 0. The van der Waals surface area contributed by atoms with Gasteiger partial charge in [0.1, 0.15) is 0 Å². The molecular weight excluding hydrogens is 296 g/mol. The normalized spacial score (nSPS) is 20.2. The van der Waals surface area contributed by atoms with Crippen LogP contribution >= 0.6 is 0 Å². The number of guanidine groups is 1. The molecule has 0 radical (unpaired) electrons. The Labute approximate surface area is 146 Å². The lowest BCUT2D eigenvalue weighted by molar-refractivity contribution is 0.198. The Balaban J connectivity index is 1.38. The molecule has 2 fully saturated rings. The van der Waals surface area contributed by atoms with E-state index in [-0.39, 0.29) is 0 Å². The van der Waals surface area contributed by atoms with Crippen molar-refractivity contribution in [1.29, 1.82) is 0 Å². The van der Waals surface area contributed by atoms with Crippen LogP contribution in [0, 0.1) is 12.8 Å². The van der Waals surface area contributed by atoms with Crippen LogP contribution in [0.5, 0.6) is 0 Å². The second-order valence-electron chi connectivity index (χ2n) is 7.35. The van der Waals surface area contributed by atoms with E-state index in [9.17, 15) is 0 Å². The lowest BCUT2D eigenvalue weighted by atomic mass is 10.0. The first kappa shape index (κ1) is 17.3. The smallest absolute Gasteiger partial charge is 0.191 e. The Morgan fingerprint density at radius 3 is 2.58 bits per heavy atom. The van der Waals surface area contributed by atoms with E-state index in [0.717, 1.165) is 38.1 Å². The van der Waals surface area contributed by atoms with E-state index in [1.807, 2.05) is 7.05 Å². The van der Waals surface area contributed by atoms with Gasteiger partial charge in [0.2, 0.25) is 0 Å². The molecule has 0 aromatic heterocycles. The minimum atomic E-state index is 0.547. The third-order valence-electron chi connectivity index (χ3n) is 5.35. The molecule has 4 heteroatoms. The molecule has 4 nitrogen and oxygen atoms in total. The minimum absolute atomic E-state index is 0.547. The van der Waals surface area contributed by atoms with Crippen LogP contribution < -0.4 is 10.6 Å². The van der Waals surface area contributed by atoms with Crippen LogP contribution in [-0.2, 0) is 6.54 Å². The van der Waals surface area contributed by atoms with E-state index in [4.69, 9.17) is 0 Å². The molecule has 2 aliphatic rings. The lowest BCUT2D eigenvalue weighted by Crippen LogP contribution is -2.48. The number of aryl methyl sites for hydroxylation is 1. The molecule has 0 atom stereocenters. The van der Waals surface area contributed by atoms with Gasteiger partial charge in [-0.25, -0.2) is 0 Å². The van der Waals surface area contributed by atoms with Gasteiger partial charge in [0.05, 0.1) is 0 Å². The molecule has 1 heterocycles. The van der Waals surface area contributed by atoms with Gasteiger partial charge < -0.3 is 10.6 Å². The van der Waals surface area contributed by atoms with E-state index in [1.165, 1.54) is 43.2 Å². The summed E-state index contributed by atoms with van der Waals surface area (Å²) in [4.78, 5) is 6.95. The van der Waals surface area contributed by atoms with Gasteiger partial charge in [-0.1, -0.05) is 37.1 Å². The highest BCUT2D eigenvalue weighted by Gasteiger charge is 2.22. The fraction of sp³-hybridized carbons (Fsp3) is 0.650. The molecule has 0 unspecified atom stereocenters. The molecule has 1 aliphatic heterocycles. The summed E-state index contributed by atoms with van der Waals surface area (Å²) in [6.45, 7) is 6.65. The molecule has 1 aliphatic carbocycles. The van der Waals surface area contributed by atoms with E-state index in [2.05, 4.69) is 51.7 Å². The summed E-state index contributed by atoms with van der Waals surface area (Å²) in [5.41, 5.74) is 2.86. The van der Waals surface area contributed by atoms with E-state index in [1.54, 1.807) is 0 Å². The number of aliphatic imine (C=N–C) groups is 1. The molecular formula is C20H32N4. The fourth-order valence-corrected chi connectivity index (χ4v) is 3.45. The highest BCUT2D eigenvalue weighted by atomic mass is 15.2. The molecule has 0 spiro atoms. The van der Waals surface area contributed by atoms with Crippen LogP contribution in [0.3, 0.4) is 0 Å². The predicted octanol–water partition coefficient (Wildman–Crippen LogP) is 2.92. The Morgan fingerprint density at radius 2 is 1.92 bits per heavy atom. The lowest BCUT2D eigenvalue weighted by Gasteiger charge is -2.33. The Hall–Kier alpha value is -1.55. The molecule has 1 saturated heterocycles. The maximum Gasteiger partial charge on any atom is 0.191 e. The number of hydrogen-bond donors (Lipinski definition) is 2. The van der Waals surface area contributed by atoms with Gasteiger partial charge in [-0.05, 0) is 43.2 Å². The van der Waals surface area contributed by atoms with Gasteiger partial charge >= 0.3 is 0 Å². The summed E-state index contributed by atoms with van der Waals surface area (Å²) in [7, 11) is 1.87. The van der Waals surface area contributed by atoms with Crippen molar-refractivity contribution in [3.63, 3.8) is 0 Å². The van der Waals surface area contributed by atoms with E-state index in [0.29, 0.717) is 6.04 Å². The summed E-state index contributed by atoms with van der Waals surface area (Å²) in [5.74, 6) is 1.95. The van der Waals surface area contributed by atoms with Crippen molar-refractivity contribution in [3.8, 4) is 0 Å². The summed E-state index contributed by atoms with van der Waals surface area (Å²) in [6.07, 6.45) is 6.51. The first-order chi connectivity index (χ1) is 11.7. The second-order valence-corrected chi connectivity index (χ2v) is 7.35. The Kier molecular flexibility index (Phi) is 6.13. The highest BCUT2D eigenvalue weighted by Crippen LogP contribution is 2.31. The Bertz CT molecular complexity index is 542. The van der Waals surface area contributed by atoms with Crippen LogP contribution in [0.1, 0.15) is 43.2 Å². The zero-order valence-corrected chi connectivity index (χ0v) is 15.2. The number of hydrogen-bond acceptors (Lipinski definition) is 2. The highest BCUT2D eigenvalue weighted by molar-refractivity contribution is 5.79. The molecule has 132 valence electrons. The van der Waals surface area contributed by atoms with Gasteiger partial charge in [0.25, 0.3) is 0 Å². The van der Waals surface area contributed by atoms with Crippen molar-refractivity contribution in [1.82, 2.24) is 15.5 Å². The van der Waals surface area contributed by atoms with E-state index < -0.39 is 0 Å². The van der Waals surface area contributed by atoms with Crippen LogP contribution in [0.2, 0.25) is 0 Å². The van der Waals surface area contributed by atoms with Crippen molar-refractivity contribution in [2.75, 3.05) is 26.7 Å². The zero-order chi connectivity index (χ0) is 16.8. The fourth-order valence-electron chi connectivity index (χ4n) is 3.45. The number of likely N-dealkylation sites (tertiary alicyclic amines) is 1. The van der Waals surface area contributed by atoms with Gasteiger partial charge in [-0.3, -0.25) is 9.89 Å². The molecule has 24 heavy (non-hydrogen) atoms. The number of piperidine rings is 1. The van der Waals surface area contributed by atoms with Gasteiger partial charge in [0, 0.05) is 39.3 Å². The van der Waals surface area contributed by atoms with Crippen LogP contribution in [0.25, 0.3) is 0 Å².